The van der Waals surface area contributed by atoms with Crippen molar-refractivity contribution in [2.75, 3.05) is 11.9 Å². The summed E-state index contributed by atoms with van der Waals surface area (Å²) in [5, 5.41) is 2.62. The lowest BCUT2D eigenvalue weighted by Gasteiger charge is -2.11. The van der Waals surface area contributed by atoms with E-state index in [4.69, 9.17) is 10.5 Å². The Labute approximate surface area is 136 Å². The van der Waals surface area contributed by atoms with Gasteiger partial charge in [0.1, 0.15) is 5.75 Å². The molecule has 2 aromatic rings. The van der Waals surface area contributed by atoms with Gasteiger partial charge >= 0.3 is 0 Å². The Morgan fingerprint density at radius 3 is 2.64 bits per heavy atom. The van der Waals surface area contributed by atoms with Gasteiger partial charge in [-0.05, 0) is 42.8 Å². The van der Waals surface area contributed by atoms with E-state index in [2.05, 4.69) is 21.2 Å². The standard InChI is InChI=1S/C16H15BrN2O3/c1-10-8-11(17)6-7-14(10)22-9-15(20)19-13-5-3-2-4-12(13)16(18)21/h2-8H,9H2,1H3,(H2,18,21)(H,19,20). The van der Waals surface area contributed by atoms with E-state index in [-0.39, 0.29) is 18.1 Å². The number of primary amides is 1. The van der Waals surface area contributed by atoms with E-state index >= 15 is 0 Å². The summed E-state index contributed by atoms with van der Waals surface area (Å²) in [4.78, 5) is 23.2. The van der Waals surface area contributed by atoms with Crippen LogP contribution in [-0.4, -0.2) is 18.4 Å². The van der Waals surface area contributed by atoms with Crippen LogP contribution >= 0.6 is 15.9 Å². The van der Waals surface area contributed by atoms with Crippen LogP contribution in [0.3, 0.4) is 0 Å². The summed E-state index contributed by atoms with van der Waals surface area (Å²) in [6, 6.07) is 12.1. The predicted molar refractivity (Wildman–Crippen MR) is 88.0 cm³/mol. The van der Waals surface area contributed by atoms with E-state index in [0.29, 0.717) is 11.4 Å². The number of nitrogens with two attached hydrogens (primary N) is 1. The number of aryl methyl sites for hydroxylation is 1. The van der Waals surface area contributed by atoms with Crippen molar-refractivity contribution >= 4 is 33.4 Å². The molecule has 0 aliphatic carbocycles. The highest BCUT2D eigenvalue weighted by Crippen LogP contribution is 2.22. The molecule has 0 saturated heterocycles. The first-order valence-corrected chi connectivity index (χ1v) is 7.34. The Bertz CT molecular complexity index is 716. The molecule has 0 saturated carbocycles. The van der Waals surface area contributed by atoms with Crippen molar-refractivity contribution in [2.45, 2.75) is 6.92 Å². The quantitative estimate of drug-likeness (QED) is 0.857. The molecule has 2 aromatic carbocycles. The SMILES string of the molecule is Cc1cc(Br)ccc1OCC(=O)Nc1ccccc1C(N)=O. The van der Waals surface area contributed by atoms with Gasteiger partial charge < -0.3 is 15.8 Å². The number of nitrogens with one attached hydrogen (secondary N) is 1. The third kappa shape index (κ3) is 4.08. The second kappa shape index (κ2) is 7.09. The second-order valence-electron chi connectivity index (χ2n) is 4.66. The number of para-hydroxylation sites is 1. The Hall–Kier alpha value is -2.34. The van der Waals surface area contributed by atoms with Crippen LogP contribution in [0.2, 0.25) is 0 Å². The molecule has 0 aliphatic heterocycles. The van der Waals surface area contributed by atoms with Gasteiger partial charge in [0.15, 0.2) is 6.61 Å². The van der Waals surface area contributed by atoms with E-state index in [1.54, 1.807) is 30.3 Å². The van der Waals surface area contributed by atoms with E-state index in [0.717, 1.165) is 10.0 Å². The number of benzene rings is 2. The monoisotopic (exact) mass is 362 g/mol. The molecule has 3 N–H and O–H groups in total. The van der Waals surface area contributed by atoms with Crippen molar-refractivity contribution in [3.8, 4) is 5.75 Å². The molecule has 0 unspecified atom stereocenters. The third-order valence-electron chi connectivity index (χ3n) is 2.96. The van der Waals surface area contributed by atoms with Gasteiger partial charge in [0.25, 0.3) is 11.8 Å². The van der Waals surface area contributed by atoms with Crippen molar-refractivity contribution in [2.24, 2.45) is 5.73 Å². The molecule has 0 atom stereocenters. The topological polar surface area (TPSA) is 81.4 Å². The molecule has 0 fully saturated rings. The molecule has 0 radical (unpaired) electrons. The zero-order valence-corrected chi connectivity index (χ0v) is 13.5. The molecule has 2 amide bonds. The Morgan fingerprint density at radius 1 is 1.23 bits per heavy atom. The maximum absolute atomic E-state index is 11.9. The van der Waals surface area contributed by atoms with E-state index < -0.39 is 5.91 Å². The van der Waals surface area contributed by atoms with Crippen LogP contribution < -0.4 is 15.8 Å². The van der Waals surface area contributed by atoms with Crippen LogP contribution in [0.15, 0.2) is 46.9 Å². The molecule has 2 rings (SSSR count). The average Bonchev–Trinajstić information content (AvgIpc) is 2.46. The molecule has 0 spiro atoms. The number of anilines is 1. The largest absolute Gasteiger partial charge is 0.483 e. The molecule has 22 heavy (non-hydrogen) atoms. The first-order chi connectivity index (χ1) is 10.5. The molecular formula is C16H15BrN2O3. The predicted octanol–water partition coefficient (Wildman–Crippen LogP) is 2.87. The summed E-state index contributed by atoms with van der Waals surface area (Å²) in [6.07, 6.45) is 0. The fourth-order valence-electron chi connectivity index (χ4n) is 1.91. The molecule has 6 heteroatoms. The van der Waals surface area contributed by atoms with Crippen LogP contribution in [0.25, 0.3) is 0 Å². The van der Waals surface area contributed by atoms with Gasteiger partial charge in [-0.15, -0.1) is 0 Å². The number of carbonyl (C=O) groups excluding carboxylic acids is 2. The van der Waals surface area contributed by atoms with Crippen molar-refractivity contribution in [1.29, 1.82) is 0 Å². The van der Waals surface area contributed by atoms with Gasteiger partial charge in [0, 0.05) is 4.47 Å². The maximum Gasteiger partial charge on any atom is 0.262 e. The lowest BCUT2D eigenvalue weighted by Crippen LogP contribution is -2.23. The zero-order valence-electron chi connectivity index (χ0n) is 11.9. The summed E-state index contributed by atoms with van der Waals surface area (Å²) in [6.45, 7) is 1.73. The molecule has 5 nitrogen and oxygen atoms in total. The van der Waals surface area contributed by atoms with E-state index in [1.807, 2.05) is 19.1 Å². The lowest BCUT2D eigenvalue weighted by molar-refractivity contribution is -0.118. The van der Waals surface area contributed by atoms with Gasteiger partial charge in [-0.1, -0.05) is 28.1 Å². The summed E-state index contributed by atoms with van der Waals surface area (Å²) in [5.74, 6) is -0.335. The highest BCUT2D eigenvalue weighted by molar-refractivity contribution is 9.10. The molecular weight excluding hydrogens is 348 g/mol. The number of rotatable bonds is 5. The summed E-state index contributed by atoms with van der Waals surface area (Å²) in [7, 11) is 0. The van der Waals surface area contributed by atoms with Gasteiger partial charge in [0.2, 0.25) is 0 Å². The fraction of sp³-hybridized carbons (Fsp3) is 0.125. The number of hydrogen-bond acceptors (Lipinski definition) is 3. The van der Waals surface area contributed by atoms with Gasteiger partial charge in [-0.3, -0.25) is 9.59 Å². The first kappa shape index (κ1) is 16.0. The molecule has 0 heterocycles. The minimum absolute atomic E-state index is 0.157. The van der Waals surface area contributed by atoms with Crippen LogP contribution in [0.4, 0.5) is 5.69 Å². The number of amides is 2. The lowest BCUT2D eigenvalue weighted by atomic mass is 10.1. The summed E-state index contributed by atoms with van der Waals surface area (Å²) >= 11 is 3.36. The van der Waals surface area contributed by atoms with Crippen LogP contribution in [0, 0.1) is 6.92 Å². The van der Waals surface area contributed by atoms with Gasteiger partial charge in [-0.2, -0.15) is 0 Å². The van der Waals surface area contributed by atoms with Crippen LogP contribution in [0.5, 0.6) is 5.75 Å². The molecule has 0 aliphatic rings. The molecule has 0 aromatic heterocycles. The minimum atomic E-state index is -0.597. The van der Waals surface area contributed by atoms with E-state index in [9.17, 15) is 9.59 Å². The highest BCUT2D eigenvalue weighted by atomic mass is 79.9. The number of hydrogen-bond donors (Lipinski definition) is 2. The van der Waals surface area contributed by atoms with Crippen molar-refractivity contribution in [3.05, 3.63) is 58.1 Å². The highest BCUT2D eigenvalue weighted by Gasteiger charge is 2.11. The Kier molecular flexibility index (Phi) is 5.16. The second-order valence-corrected chi connectivity index (χ2v) is 5.57. The van der Waals surface area contributed by atoms with E-state index in [1.165, 1.54) is 0 Å². The first-order valence-electron chi connectivity index (χ1n) is 6.55. The van der Waals surface area contributed by atoms with Gasteiger partial charge in [-0.25, -0.2) is 0 Å². The number of carbonyl (C=O) groups is 2. The Balaban J connectivity index is 2.00. The number of ether oxygens (including phenoxy) is 1. The molecule has 114 valence electrons. The van der Waals surface area contributed by atoms with Crippen molar-refractivity contribution in [3.63, 3.8) is 0 Å². The van der Waals surface area contributed by atoms with Gasteiger partial charge in [0.05, 0.1) is 11.3 Å². The Morgan fingerprint density at radius 2 is 1.95 bits per heavy atom. The smallest absolute Gasteiger partial charge is 0.262 e. The third-order valence-corrected chi connectivity index (χ3v) is 3.46. The van der Waals surface area contributed by atoms with Crippen LogP contribution in [-0.2, 0) is 4.79 Å². The van der Waals surface area contributed by atoms with Crippen molar-refractivity contribution < 1.29 is 14.3 Å². The summed E-state index contributed by atoms with van der Waals surface area (Å²) < 4.78 is 6.42. The normalized spacial score (nSPS) is 10.1. The fourth-order valence-corrected chi connectivity index (χ4v) is 2.39. The number of halogens is 1. The van der Waals surface area contributed by atoms with Crippen molar-refractivity contribution in [1.82, 2.24) is 0 Å². The minimum Gasteiger partial charge on any atom is -0.483 e. The average molecular weight is 363 g/mol. The van der Waals surface area contributed by atoms with Crippen LogP contribution in [0.1, 0.15) is 15.9 Å². The zero-order chi connectivity index (χ0) is 16.1. The maximum atomic E-state index is 11.9. The summed E-state index contributed by atoms with van der Waals surface area (Å²) in [5.41, 5.74) is 6.81. The molecule has 0 bridgehead atoms.